The predicted molar refractivity (Wildman–Crippen MR) is 96.6 cm³/mol. The van der Waals surface area contributed by atoms with Crippen molar-refractivity contribution in [1.29, 1.82) is 0 Å². The quantitative estimate of drug-likeness (QED) is 0.813. The Kier molecular flexibility index (Phi) is 4.38. The molecule has 1 unspecified atom stereocenters. The number of rotatable bonds is 4. The number of aromatic nitrogens is 3. The van der Waals surface area contributed by atoms with Crippen molar-refractivity contribution in [2.45, 2.75) is 51.0 Å². The van der Waals surface area contributed by atoms with Crippen LogP contribution in [0.1, 0.15) is 61.0 Å². The number of aromatic amines is 1. The van der Waals surface area contributed by atoms with Gasteiger partial charge in [-0.25, -0.2) is 14.5 Å². The summed E-state index contributed by atoms with van der Waals surface area (Å²) in [7, 11) is 1.95. The number of amides is 2. The molecule has 2 aliphatic rings. The van der Waals surface area contributed by atoms with Crippen LogP contribution in [0.15, 0.2) is 12.4 Å². The minimum atomic E-state index is -0.536. The number of nitrogens with zero attached hydrogens (tertiary/aromatic N) is 3. The first kappa shape index (κ1) is 17.0. The van der Waals surface area contributed by atoms with Gasteiger partial charge in [-0.1, -0.05) is 0 Å². The molecule has 1 saturated heterocycles. The lowest BCUT2D eigenvalue weighted by atomic mass is 10.1. The van der Waals surface area contributed by atoms with Crippen molar-refractivity contribution in [3.63, 3.8) is 0 Å². The number of hydrogen-bond donors (Lipinski definition) is 2. The highest BCUT2D eigenvalue weighted by atomic mass is 16.2. The second kappa shape index (κ2) is 6.70. The Morgan fingerprint density at radius 3 is 2.73 bits per heavy atom. The highest BCUT2D eigenvalue weighted by molar-refractivity contribution is 6.05. The number of hydrogen-bond acceptors (Lipinski definition) is 3. The number of fused-ring (bicyclic) bond motifs is 1. The van der Waals surface area contributed by atoms with Gasteiger partial charge in [0.2, 0.25) is 5.91 Å². The van der Waals surface area contributed by atoms with E-state index in [0.717, 1.165) is 50.1 Å². The molecular formula is C19H26N5O2+. The summed E-state index contributed by atoms with van der Waals surface area (Å²) in [5.74, 6) is 0.251. The molecule has 2 aromatic heterocycles. The molecule has 3 heterocycles. The zero-order chi connectivity index (χ0) is 18.3. The third-order valence-electron chi connectivity index (χ3n) is 5.38. The number of likely N-dealkylation sites (tertiary alicyclic amines) is 1. The van der Waals surface area contributed by atoms with Crippen LogP contribution in [0.2, 0.25) is 0 Å². The normalized spacial score (nSPS) is 18.8. The van der Waals surface area contributed by atoms with Crippen molar-refractivity contribution in [2.75, 3.05) is 13.1 Å². The van der Waals surface area contributed by atoms with Gasteiger partial charge in [-0.15, -0.1) is 0 Å². The second-order valence-electron chi connectivity index (χ2n) is 7.53. The molecule has 7 nitrogen and oxygen atoms in total. The molecule has 2 aromatic rings. The first-order valence-corrected chi connectivity index (χ1v) is 9.52. The van der Waals surface area contributed by atoms with E-state index in [-0.39, 0.29) is 11.8 Å². The van der Waals surface area contributed by atoms with Gasteiger partial charge in [-0.3, -0.25) is 9.59 Å². The average Bonchev–Trinajstić information content (AvgIpc) is 3.41. The number of nitrogens with one attached hydrogen (secondary N) is 2. The van der Waals surface area contributed by atoms with E-state index in [1.807, 2.05) is 22.7 Å². The Labute approximate surface area is 152 Å². The lowest BCUT2D eigenvalue weighted by molar-refractivity contribution is -0.647. The summed E-state index contributed by atoms with van der Waals surface area (Å²) < 4.78 is 1.98. The molecule has 2 amide bonds. The third-order valence-corrected chi connectivity index (χ3v) is 5.38. The summed E-state index contributed by atoms with van der Waals surface area (Å²) in [5, 5.41) is 2.86. The van der Waals surface area contributed by atoms with E-state index in [4.69, 9.17) is 4.98 Å². The largest absolute Gasteiger partial charge is 0.341 e. The molecule has 1 aliphatic carbocycles. The molecule has 1 aliphatic heterocycles. The molecule has 1 atom stereocenters. The van der Waals surface area contributed by atoms with Gasteiger partial charge in [0.1, 0.15) is 24.0 Å². The van der Waals surface area contributed by atoms with Gasteiger partial charge < -0.3 is 10.2 Å². The molecule has 26 heavy (non-hydrogen) atoms. The number of carbonyl (C=O) groups excluding carboxylic acids is 2. The molecule has 1 saturated carbocycles. The molecule has 0 radical (unpaired) electrons. The van der Waals surface area contributed by atoms with E-state index in [0.29, 0.717) is 17.0 Å². The Morgan fingerprint density at radius 2 is 2.04 bits per heavy atom. The second-order valence-corrected chi connectivity index (χ2v) is 7.53. The van der Waals surface area contributed by atoms with Crippen LogP contribution in [0.25, 0.3) is 11.2 Å². The Bertz CT molecular complexity index is 849. The highest BCUT2D eigenvalue weighted by Crippen LogP contribution is 2.38. The van der Waals surface area contributed by atoms with Gasteiger partial charge in [-0.2, -0.15) is 0 Å². The van der Waals surface area contributed by atoms with Crippen molar-refractivity contribution in [2.24, 2.45) is 7.05 Å². The smallest absolute Gasteiger partial charge is 0.306 e. The van der Waals surface area contributed by atoms with E-state index in [2.05, 4.69) is 10.3 Å². The van der Waals surface area contributed by atoms with E-state index in [1.165, 1.54) is 6.42 Å². The van der Waals surface area contributed by atoms with E-state index in [1.54, 1.807) is 13.1 Å². The number of aryl methyl sites for hydroxylation is 1. The molecule has 0 spiro atoms. The maximum atomic E-state index is 12.8. The number of carbonyl (C=O) groups is 2. The Balaban J connectivity index is 1.53. The summed E-state index contributed by atoms with van der Waals surface area (Å²) in [6.07, 6.45) is 9.28. The lowest BCUT2D eigenvalue weighted by Crippen LogP contribution is -2.48. The van der Waals surface area contributed by atoms with Crippen molar-refractivity contribution in [3.05, 3.63) is 23.7 Å². The van der Waals surface area contributed by atoms with Crippen LogP contribution >= 0.6 is 0 Å². The molecule has 138 valence electrons. The first-order valence-electron chi connectivity index (χ1n) is 9.52. The van der Waals surface area contributed by atoms with E-state index < -0.39 is 6.04 Å². The van der Waals surface area contributed by atoms with E-state index in [9.17, 15) is 9.59 Å². The van der Waals surface area contributed by atoms with Crippen molar-refractivity contribution < 1.29 is 14.2 Å². The fourth-order valence-electron chi connectivity index (χ4n) is 3.68. The first-order chi connectivity index (χ1) is 12.5. The van der Waals surface area contributed by atoms with Crippen LogP contribution in [-0.2, 0) is 11.8 Å². The maximum absolute atomic E-state index is 12.8. The monoisotopic (exact) mass is 356 g/mol. The summed E-state index contributed by atoms with van der Waals surface area (Å²) in [6, 6.07) is -0.536. The van der Waals surface area contributed by atoms with Crippen LogP contribution in [-0.4, -0.2) is 45.8 Å². The zero-order valence-electron chi connectivity index (χ0n) is 15.4. The van der Waals surface area contributed by atoms with Crippen molar-refractivity contribution >= 4 is 23.0 Å². The SMILES string of the molecule is CC(NC(=O)c1c[nH]c2c1nc(C1CC1)c[n+]2C)C(=O)N1CCCCC1. The molecule has 4 rings (SSSR count). The van der Waals surface area contributed by atoms with Gasteiger partial charge in [-0.05, 0) is 39.0 Å². The standard InChI is InChI=1S/C19H25N5O2/c1-12(19(26)24-8-4-3-5-9-24)21-18(25)14-10-20-17-16(14)22-15(11-23(17)2)13-6-7-13/h10-13H,3-9H2,1-2H3,(H,21,25)/p+1. The molecule has 2 N–H and O–H groups in total. The van der Waals surface area contributed by atoms with Gasteiger partial charge >= 0.3 is 5.65 Å². The molecular weight excluding hydrogens is 330 g/mol. The summed E-state index contributed by atoms with van der Waals surface area (Å²) in [4.78, 5) is 35.0. The van der Waals surface area contributed by atoms with E-state index >= 15 is 0 Å². The average molecular weight is 356 g/mol. The predicted octanol–water partition coefficient (Wildman–Crippen LogP) is 1.40. The van der Waals surface area contributed by atoms with Crippen LogP contribution in [0, 0.1) is 0 Å². The third kappa shape index (κ3) is 3.18. The van der Waals surface area contributed by atoms with Crippen LogP contribution in [0.3, 0.4) is 0 Å². The van der Waals surface area contributed by atoms with Crippen LogP contribution in [0.4, 0.5) is 0 Å². The summed E-state index contributed by atoms with van der Waals surface area (Å²) in [6.45, 7) is 3.33. The fraction of sp³-hybridized carbons (Fsp3) is 0.579. The van der Waals surface area contributed by atoms with Crippen molar-refractivity contribution in [3.8, 4) is 0 Å². The Morgan fingerprint density at radius 1 is 1.31 bits per heavy atom. The summed E-state index contributed by atoms with van der Waals surface area (Å²) >= 11 is 0. The van der Waals surface area contributed by atoms with Crippen LogP contribution in [0.5, 0.6) is 0 Å². The van der Waals surface area contributed by atoms with Gasteiger partial charge in [0, 0.05) is 19.0 Å². The van der Waals surface area contributed by atoms with Gasteiger partial charge in [0.25, 0.3) is 5.91 Å². The lowest BCUT2D eigenvalue weighted by Gasteiger charge is -2.29. The van der Waals surface area contributed by atoms with Crippen LogP contribution < -0.4 is 9.88 Å². The topological polar surface area (TPSA) is 82.0 Å². The fourth-order valence-corrected chi connectivity index (χ4v) is 3.68. The molecule has 0 bridgehead atoms. The molecule has 0 aromatic carbocycles. The minimum absolute atomic E-state index is 0.00456. The zero-order valence-corrected chi connectivity index (χ0v) is 15.4. The molecule has 2 fully saturated rings. The number of H-pyrrole nitrogens is 1. The molecule has 7 heteroatoms. The minimum Gasteiger partial charge on any atom is -0.341 e. The summed E-state index contributed by atoms with van der Waals surface area (Å²) in [5.41, 5.74) is 3.02. The van der Waals surface area contributed by atoms with Crippen molar-refractivity contribution in [1.82, 2.24) is 20.2 Å². The Hall–Kier alpha value is -2.44. The van der Waals surface area contributed by atoms with Gasteiger partial charge in [0.05, 0.1) is 12.7 Å². The van der Waals surface area contributed by atoms with Gasteiger partial charge in [0.15, 0.2) is 5.52 Å². The maximum Gasteiger partial charge on any atom is 0.306 e. The number of piperidine rings is 1. The highest BCUT2D eigenvalue weighted by Gasteiger charge is 2.30.